The number of carbonyl (C=O) groups is 2. The Bertz CT molecular complexity index is 2150. The molecule has 4 aromatic carbocycles. The van der Waals surface area contributed by atoms with Gasteiger partial charge in [-0.15, -0.1) is 0 Å². The van der Waals surface area contributed by atoms with Gasteiger partial charge in [-0.2, -0.15) is 10.2 Å². The van der Waals surface area contributed by atoms with E-state index < -0.39 is 23.6 Å². The maximum Gasteiger partial charge on any atom is 0.356 e. The van der Waals surface area contributed by atoms with E-state index in [0.717, 1.165) is 28.5 Å². The summed E-state index contributed by atoms with van der Waals surface area (Å²) in [6.45, 7) is 4.54. The first-order chi connectivity index (χ1) is 24.5. The van der Waals surface area contributed by atoms with Gasteiger partial charge in [-0.25, -0.2) is 22.8 Å². The summed E-state index contributed by atoms with van der Waals surface area (Å²) < 4.78 is 54.4. The standard InChI is InChI=1S/C19H16F2N2O3.C19H17FN2O3/c1-12-8-17(19(24)25)22-23(12)10-13-4-2-3-5-18(13)26-11-14-6-7-15(20)9-16(14)21;1-13-10-17(19(23)24)21-22(13)11-15-4-2-3-5-18(15)25-12-14-6-8-16(20)9-7-14/h2-9H,10-11H2,1H3,(H,24,25);2-10H,11-12H2,1H3,(H,23,24). The third kappa shape index (κ3) is 9.63. The molecule has 0 fully saturated rings. The Morgan fingerprint density at radius 1 is 0.608 bits per heavy atom. The smallest absolute Gasteiger partial charge is 0.356 e. The highest BCUT2D eigenvalue weighted by molar-refractivity contribution is 5.85. The number of carboxylic acids is 2. The molecular formula is C38H33F3N4O6. The summed E-state index contributed by atoms with van der Waals surface area (Å²) in [5.41, 5.74) is 4.18. The molecule has 0 saturated heterocycles. The molecule has 0 unspecified atom stereocenters. The molecule has 0 aliphatic rings. The molecule has 6 rings (SSSR count). The van der Waals surface area contributed by atoms with Crippen LogP contribution in [0.3, 0.4) is 0 Å². The zero-order valence-electron chi connectivity index (χ0n) is 27.6. The fourth-order valence-corrected chi connectivity index (χ4v) is 4.96. The number of ether oxygens (including phenoxy) is 2. The monoisotopic (exact) mass is 698 g/mol. The molecule has 2 heterocycles. The van der Waals surface area contributed by atoms with Crippen LogP contribution in [0, 0.1) is 31.3 Å². The molecule has 2 N–H and O–H groups in total. The Labute approximate surface area is 290 Å². The van der Waals surface area contributed by atoms with Crippen LogP contribution in [0.1, 0.15) is 54.6 Å². The van der Waals surface area contributed by atoms with Crippen molar-refractivity contribution in [3.63, 3.8) is 0 Å². The molecule has 10 nitrogen and oxygen atoms in total. The summed E-state index contributed by atoms with van der Waals surface area (Å²) in [4.78, 5) is 22.1. The Morgan fingerprint density at radius 2 is 1.08 bits per heavy atom. The normalized spacial score (nSPS) is 10.7. The summed E-state index contributed by atoms with van der Waals surface area (Å²) in [5.74, 6) is -2.55. The Kier molecular flexibility index (Phi) is 11.5. The van der Waals surface area contributed by atoms with Crippen LogP contribution in [0.25, 0.3) is 0 Å². The second kappa shape index (κ2) is 16.4. The highest BCUT2D eigenvalue weighted by Crippen LogP contribution is 2.23. The van der Waals surface area contributed by atoms with Crippen molar-refractivity contribution in [2.45, 2.75) is 40.2 Å². The summed E-state index contributed by atoms with van der Waals surface area (Å²) >= 11 is 0. The van der Waals surface area contributed by atoms with Gasteiger partial charge in [0.05, 0.1) is 13.1 Å². The number of hydrogen-bond acceptors (Lipinski definition) is 6. The molecule has 0 atom stereocenters. The van der Waals surface area contributed by atoms with Crippen molar-refractivity contribution in [2.24, 2.45) is 0 Å². The number of halogens is 3. The summed E-state index contributed by atoms with van der Waals surface area (Å²) in [6, 6.07) is 27.1. The van der Waals surface area contributed by atoms with Crippen LogP contribution in [0.2, 0.25) is 0 Å². The molecule has 0 radical (unpaired) electrons. The third-order valence-corrected chi connectivity index (χ3v) is 7.69. The molecule has 0 spiro atoms. The van der Waals surface area contributed by atoms with Gasteiger partial charge in [-0.1, -0.05) is 48.5 Å². The first kappa shape index (κ1) is 35.9. The number of carboxylic acid groups (broad SMARTS) is 2. The van der Waals surface area contributed by atoms with Crippen LogP contribution >= 0.6 is 0 Å². The van der Waals surface area contributed by atoms with Gasteiger partial charge >= 0.3 is 11.9 Å². The fraction of sp³-hybridized carbons (Fsp3) is 0.158. The highest BCUT2D eigenvalue weighted by atomic mass is 19.1. The molecule has 0 aliphatic heterocycles. The lowest BCUT2D eigenvalue weighted by atomic mass is 10.2. The zero-order chi connectivity index (χ0) is 36.5. The number of rotatable bonds is 12. The molecule has 13 heteroatoms. The minimum Gasteiger partial charge on any atom is -0.489 e. The molecule has 262 valence electrons. The number of aryl methyl sites for hydroxylation is 2. The number of aromatic carboxylic acids is 2. The number of para-hydroxylation sites is 2. The lowest BCUT2D eigenvalue weighted by Gasteiger charge is -2.13. The number of nitrogens with zero attached hydrogens (tertiary/aromatic N) is 4. The molecule has 0 bridgehead atoms. The van der Waals surface area contributed by atoms with Gasteiger partial charge in [-0.05, 0) is 67.9 Å². The fourth-order valence-electron chi connectivity index (χ4n) is 4.96. The number of hydrogen-bond donors (Lipinski definition) is 2. The van der Waals surface area contributed by atoms with E-state index >= 15 is 0 Å². The van der Waals surface area contributed by atoms with Gasteiger partial charge in [0.2, 0.25) is 0 Å². The Balaban J connectivity index is 0.000000198. The van der Waals surface area contributed by atoms with Crippen LogP contribution in [0.5, 0.6) is 11.5 Å². The maximum atomic E-state index is 13.7. The SMILES string of the molecule is Cc1cc(C(=O)O)nn1Cc1ccccc1OCc1ccc(F)cc1.Cc1cc(C(=O)O)nn1Cc1ccccc1OCc1ccc(F)cc1F. The number of benzene rings is 4. The predicted molar refractivity (Wildman–Crippen MR) is 180 cm³/mol. The second-order valence-corrected chi connectivity index (χ2v) is 11.4. The zero-order valence-corrected chi connectivity index (χ0v) is 27.6. The van der Waals surface area contributed by atoms with Crippen molar-refractivity contribution in [2.75, 3.05) is 0 Å². The largest absolute Gasteiger partial charge is 0.489 e. The molecule has 0 saturated carbocycles. The molecule has 0 aliphatic carbocycles. The van der Waals surface area contributed by atoms with Crippen molar-refractivity contribution in [3.8, 4) is 11.5 Å². The quantitative estimate of drug-likeness (QED) is 0.135. The van der Waals surface area contributed by atoms with Crippen LogP contribution < -0.4 is 9.47 Å². The lowest BCUT2D eigenvalue weighted by Crippen LogP contribution is -2.08. The Hall–Kier alpha value is -6.37. The molecule has 0 amide bonds. The molecule has 2 aromatic heterocycles. The topological polar surface area (TPSA) is 129 Å². The highest BCUT2D eigenvalue weighted by Gasteiger charge is 2.14. The van der Waals surface area contributed by atoms with Crippen LogP contribution in [0.15, 0.2) is 103 Å². The first-order valence-corrected chi connectivity index (χ1v) is 15.6. The summed E-state index contributed by atoms with van der Waals surface area (Å²) in [6.07, 6.45) is 0. The molecular weight excluding hydrogens is 665 g/mol. The minimum atomic E-state index is -1.09. The van der Waals surface area contributed by atoms with Crippen LogP contribution in [-0.2, 0) is 26.3 Å². The van der Waals surface area contributed by atoms with Gasteiger partial charge < -0.3 is 19.7 Å². The van der Waals surface area contributed by atoms with Crippen molar-refractivity contribution >= 4 is 11.9 Å². The van der Waals surface area contributed by atoms with Crippen molar-refractivity contribution in [1.82, 2.24) is 19.6 Å². The van der Waals surface area contributed by atoms with E-state index in [4.69, 9.17) is 19.7 Å². The molecule has 6 aromatic rings. The first-order valence-electron chi connectivity index (χ1n) is 15.6. The van der Waals surface area contributed by atoms with E-state index in [9.17, 15) is 22.8 Å². The maximum absolute atomic E-state index is 13.7. The van der Waals surface area contributed by atoms with Crippen LogP contribution in [0.4, 0.5) is 13.2 Å². The van der Waals surface area contributed by atoms with Crippen molar-refractivity contribution < 1.29 is 42.4 Å². The summed E-state index contributed by atoms with van der Waals surface area (Å²) in [7, 11) is 0. The van der Waals surface area contributed by atoms with Gasteiger partial charge in [0.1, 0.15) is 42.2 Å². The molecule has 51 heavy (non-hydrogen) atoms. The minimum absolute atomic E-state index is 0.0159. The van der Waals surface area contributed by atoms with Gasteiger partial charge in [-0.3, -0.25) is 9.36 Å². The van der Waals surface area contributed by atoms with Gasteiger partial charge in [0.25, 0.3) is 0 Å². The number of aromatic nitrogens is 4. The average molecular weight is 699 g/mol. The van der Waals surface area contributed by atoms with Crippen LogP contribution in [-0.4, -0.2) is 41.7 Å². The summed E-state index contributed by atoms with van der Waals surface area (Å²) in [5, 5.41) is 26.2. The second-order valence-electron chi connectivity index (χ2n) is 11.4. The van der Waals surface area contributed by atoms with E-state index in [1.807, 2.05) is 36.4 Å². The van der Waals surface area contributed by atoms with Crippen molar-refractivity contribution in [3.05, 3.63) is 166 Å². The van der Waals surface area contributed by atoms with Gasteiger partial charge in [0.15, 0.2) is 11.4 Å². The van der Waals surface area contributed by atoms with E-state index in [-0.39, 0.29) is 29.4 Å². The Morgan fingerprint density at radius 3 is 1.55 bits per heavy atom. The van der Waals surface area contributed by atoms with Crippen molar-refractivity contribution in [1.29, 1.82) is 0 Å². The predicted octanol–water partition coefficient (Wildman–Crippen LogP) is 7.45. The van der Waals surface area contributed by atoms with E-state index in [0.29, 0.717) is 36.9 Å². The average Bonchev–Trinajstić information content (AvgIpc) is 3.67. The lowest BCUT2D eigenvalue weighted by molar-refractivity contribution is 0.0679. The van der Waals surface area contributed by atoms with E-state index in [2.05, 4.69) is 10.2 Å². The van der Waals surface area contributed by atoms with Gasteiger partial charge in [0, 0.05) is 34.1 Å². The third-order valence-electron chi connectivity index (χ3n) is 7.69. The van der Waals surface area contributed by atoms with E-state index in [1.54, 1.807) is 47.5 Å². The van der Waals surface area contributed by atoms with E-state index in [1.165, 1.54) is 36.4 Å².